The van der Waals surface area contributed by atoms with Crippen LogP contribution in [0.15, 0.2) is 0 Å². The summed E-state index contributed by atoms with van der Waals surface area (Å²) in [5.74, 6) is -7.05. The lowest BCUT2D eigenvalue weighted by Gasteiger charge is -2.51. The van der Waals surface area contributed by atoms with Gasteiger partial charge in [-0.3, -0.25) is 9.59 Å². The van der Waals surface area contributed by atoms with Crippen molar-refractivity contribution in [1.29, 1.82) is 0 Å². The van der Waals surface area contributed by atoms with Crippen molar-refractivity contribution < 1.29 is 144 Å². The van der Waals surface area contributed by atoms with Crippen molar-refractivity contribution in [2.24, 2.45) is 0 Å². The van der Waals surface area contributed by atoms with Gasteiger partial charge in [-0.1, -0.05) is 0 Å². The van der Waals surface area contributed by atoms with Gasteiger partial charge in [0.2, 0.25) is 11.8 Å². The van der Waals surface area contributed by atoms with Gasteiger partial charge in [0.25, 0.3) is 5.79 Å². The number of carbonyl (C=O) groups excluding carboxylic acids is 3. The molecule has 4 aliphatic rings. The van der Waals surface area contributed by atoms with Crippen LogP contribution in [0.3, 0.4) is 0 Å². The van der Waals surface area contributed by atoms with Crippen LogP contribution in [0, 0.1) is 0 Å². The van der Waals surface area contributed by atoms with Crippen LogP contribution in [0.1, 0.15) is 20.3 Å². The van der Waals surface area contributed by atoms with E-state index in [0.29, 0.717) is 0 Å². The first-order chi connectivity index (χ1) is 31.9. The van der Waals surface area contributed by atoms with Gasteiger partial charge < -0.3 is 140 Å². The summed E-state index contributed by atoms with van der Waals surface area (Å²) in [5.41, 5.74) is 0. The topological polar surface area (TPSA) is 510 Å². The summed E-state index contributed by atoms with van der Waals surface area (Å²) in [6, 6.07) is -3.56. The van der Waals surface area contributed by atoms with Crippen LogP contribution >= 0.6 is 0 Å². The molecule has 4 rings (SSSR count). The Balaban J connectivity index is 1.70. The van der Waals surface area contributed by atoms with Gasteiger partial charge in [0.15, 0.2) is 25.2 Å². The van der Waals surface area contributed by atoms with Crippen molar-refractivity contribution in [3.8, 4) is 0 Å². The Hall–Kier alpha value is -2.88. The number of carboxylic acids is 1. The number of hydrogen-bond donors (Lipinski definition) is 19. The number of ether oxygens (including phenoxy) is 8. The summed E-state index contributed by atoms with van der Waals surface area (Å²) in [4.78, 5) is 48.8. The predicted molar refractivity (Wildman–Crippen MR) is 208 cm³/mol. The summed E-state index contributed by atoms with van der Waals surface area (Å²) >= 11 is 0. The number of hydrogen-bond acceptors (Lipinski definition) is 28. The van der Waals surface area contributed by atoms with Crippen LogP contribution in [0.25, 0.3) is 0 Å². The van der Waals surface area contributed by atoms with E-state index >= 15 is 0 Å². The molecule has 0 spiro atoms. The largest absolute Gasteiger partial charge is 0.477 e. The molecule has 4 aliphatic heterocycles. The Morgan fingerprint density at radius 2 is 1.13 bits per heavy atom. The molecule has 0 unspecified atom stereocenters. The molecular weight excluding hydrogens is 936 g/mol. The van der Waals surface area contributed by atoms with E-state index in [-0.39, 0.29) is 6.29 Å². The standard InChI is InChI=1S/C37H62N2O29/c1-10(46)38-19-12(48)3-37(36(59)60,67-30(19)22(53)14(50)5-41)68-32-25(56)18(9-45)63-35(27(32)58)65-29-20(39-11(2)47)33(61-16(7-43)23(29)54)66-31-24(55)17(8-44)62-34(26(31)57)64-28(15(51)6-42)21(52)13(49)4-40/h4,12-35,41-45,48-58H,3,5-9H2,1-2H3,(H,38,46)(H,39,47)(H,59,60)/t12-,13-,14+,15+,16+,17+,18+,19+,20+,21+,22+,23+,24-,25-,26+,27+,28+,29+,30+,31-,32-,33-,34-,35-,37-/m0/s1. The average molecular weight is 999 g/mol. The molecule has 4 heterocycles. The minimum atomic E-state index is -3.20. The van der Waals surface area contributed by atoms with Crippen molar-refractivity contribution in [1.82, 2.24) is 10.6 Å². The Kier molecular flexibility index (Phi) is 21.2. The van der Waals surface area contributed by atoms with Crippen molar-refractivity contribution in [3.63, 3.8) is 0 Å². The zero-order valence-electron chi connectivity index (χ0n) is 36.2. The van der Waals surface area contributed by atoms with E-state index in [2.05, 4.69) is 10.6 Å². The fourth-order valence-corrected chi connectivity index (χ4v) is 8.08. The van der Waals surface area contributed by atoms with E-state index in [0.717, 1.165) is 13.8 Å². The van der Waals surface area contributed by atoms with Crippen LogP contribution < -0.4 is 10.6 Å². The molecule has 0 aromatic heterocycles. The van der Waals surface area contributed by atoms with Gasteiger partial charge in [-0.2, -0.15) is 0 Å². The van der Waals surface area contributed by atoms with Crippen LogP contribution in [-0.4, -0.2) is 297 Å². The quantitative estimate of drug-likeness (QED) is 0.0448. The molecular formula is C37H62N2O29. The highest BCUT2D eigenvalue weighted by atomic mass is 16.8. The number of carboxylic acid groups (broad SMARTS) is 1. The first-order valence-electron chi connectivity index (χ1n) is 21.0. The molecule has 68 heavy (non-hydrogen) atoms. The normalized spacial score (nSPS) is 41.6. The van der Waals surface area contributed by atoms with Crippen LogP contribution in [0.5, 0.6) is 0 Å². The second kappa shape index (κ2) is 25.0. The molecule has 0 aliphatic carbocycles. The van der Waals surface area contributed by atoms with Gasteiger partial charge in [0.05, 0.1) is 45.2 Å². The molecule has 19 N–H and O–H groups in total. The van der Waals surface area contributed by atoms with E-state index in [1.165, 1.54) is 0 Å². The second-order valence-electron chi connectivity index (χ2n) is 16.5. The van der Waals surface area contributed by atoms with E-state index < -0.39 is 210 Å². The molecule has 0 aromatic rings. The number of rotatable bonds is 22. The van der Waals surface area contributed by atoms with Gasteiger partial charge in [-0.15, -0.1) is 0 Å². The van der Waals surface area contributed by atoms with Gasteiger partial charge in [0.1, 0.15) is 116 Å². The molecule has 2 amide bonds. The second-order valence-corrected chi connectivity index (χ2v) is 16.5. The van der Waals surface area contributed by atoms with Crippen molar-refractivity contribution in [2.45, 2.75) is 173 Å². The summed E-state index contributed by atoms with van der Waals surface area (Å²) in [5, 5.41) is 184. The maximum absolute atomic E-state index is 13.0. The van der Waals surface area contributed by atoms with Crippen LogP contribution in [-0.2, 0) is 57.1 Å². The number of amides is 2. The molecule has 4 fully saturated rings. The Morgan fingerprint density at radius 1 is 0.662 bits per heavy atom. The minimum Gasteiger partial charge on any atom is -0.477 e. The molecule has 394 valence electrons. The highest BCUT2D eigenvalue weighted by Gasteiger charge is 2.61. The predicted octanol–water partition coefficient (Wildman–Crippen LogP) is -12.6. The van der Waals surface area contributed by atoms with Crippen LogP contribution in [0.2, 0.25) is 0 Å². The zero-order valence-corrected chi connectivity index (χ0v) is 36.2. The third-order valence-electron chi connectivity index (χ3n) is 11.6. The molecule has 0 bridgehead atoms. The van der Waals surface area contributed by atoms with Gasteiger partial charge in [-0.25, -0.2) is 4.79 Å². The lowest BCUT2D eigenvalue weighted by atomic mass is 9.88. The Morgan fingerprint density at radius 3 is 1.63 bits per heavy atom. The highest BCUT2D eigenvalue weighted by Crippen LogP contribution is 2.39. The molecule has 31 nitrogen and oxygen atoms in total. The number of aliphatic carboxylic acids is 1. The van der Waals surface area contributed by atoms with Crippen molar-refractivity contribution in [3.05, 3.63) is 0 Å². The average Bonchev–Trinajstić information content (AvgIpc) is 3.30. The third kappa shape index (κ3) is 12.8. The summed E-state index contributed by atoms with van der Waals surface area (Å²) < 4.78 is 45.1. The number of aliphatic hydroxyl groups is 16. The van der Waals surface area contributed by atoms with Crippen molar-refractivity contribution in [2.75, 3.05) is 33.0 Å². The van der Waals surface area contributed by atoms with E-state index in [1.54, 1.807) is 0 Å². The molecule has 0 radical (unpaired) electrons. The number of nitrogens with one attached hydrogen (secondary N) is 2. The smallest absolute Gasteiger partial charge is 0.364 e. The first-order valence-corrected chi connectivity index (χ1v) is 21.0. The maximum Gasteiger partial charge on any atom is 0.364 e. The lowest BCUT2D eigenvalue weighted by molar-refractivity contribution is -0.387. The maximum atomic E-state index is 13.0. The number of aliphatic hydroxyl groups excluding tert-OH is 16. The summed E-state index contributed by atoms with van der Waals surface area (Å²) in [7, 11) is 0. The highest BCUT2D eigenvalue weighted by molar-refractivity contribution is 5.76. The summed E-state index contributed by atoms with van der Waals surface area (Å²) in [6.07, 6.45) is -47.8. The monoisotopic (exact) mass is 998 g/mol. The van der Waals surface area contributed by atoms with Gasteiger partial charge in [0, 0.05) is 20.3 Å². The number of carbonyl (C=O) groups is 4. The minimum absolute atomic E-state index is 0.150. The SMILES string of the molecule is CC(=O)N[C@H]1[C@H](O[C@H]2[C@@H](O)[C@@H](CO)O[C@@H](O[C@@H]([C@H](O)[C@@H](O)C=O)[C@H](O)CO)[C@@H]2O)O[C@H](CO)[C@@H](O)[C@@H]1O[C@@H]1O[C@H](CO)[C@H](O)[C@H](O[C@]2(C(=O)O)C[C@H](O)[C@@H](NC(C)=O)[C@H]([C@H](O)[C@H](O)CO)O2)[C@H]1O. The Labute approximate surface area is 384 Å². The molecule has 25 atom stereocenters. The first kappa shape index (κ1) is 57.7. The fraction of sp³-hybridized carbons (Fsp3) is 0.892. The third-order valence-corrected chi connectivity index (χ3v) is 11.6. The van der Waals surface area contributed by atoms with E-state index in [4.69, 9.17) is 37.9 Å². The molecule has 4 saturated heterocycles. The zero-order chi connectivity index (χ0) is 51.1. The molecule has 0 aromatic carbocycles. The Bertz CT molecular complexity index is 1640. The van der Waals surface area contributed by atoms with E-state index in [1.807, 2.05) is 0 Å². The number of aldehydes is 1. The fourth-order valence-electron chi connectivity index (χ4n) is 8.08. The molecule has 0 saturated carbocycles. The summed E-state index contributed by atoms with van der Waals surface area (Å²) in [6.45, 7) is -3.65. The van der Waals surface area contributed by atoms with Gasteiger partial charge in [-0.05, 0) is 0 Å². The van der Waals surface area contributed by atoms with Crippen LogP contribution in [0.4, 0.5) is 0 Å². The van der Waals surface area contributed by atoms with Gasteiger partial charge >= 0.3 is 5.97 Å². The van der Waals surface area contributed by atoms with E-state index in [9.17, 15) is 106 Å². The lowest BCUT2D eigenvalue weighted by Crippen LogP contribution is -2.71. The molecule has 31 heteroatoms. The van der Waals surface area contributed by atoms with Crippen molar-refractivity contribution >= 4 is 24.1 Å².